The van der Waals surface area contributed by atoms with E-state index in [1.165, 1.54) is 12.0 Å². The van der Waals surface area contributed by atoms with E-state index in [0.29, 0.717) is 11.8 Å². The van der Waals surface area contributed by atoms with Gasteiger partial charge in [0, 0.05) is 29.2 Å². The average Bonchev–Trinajstić information content (AvgIpc) is 3.54. The van der Waals surface area contributed by atoms with Gasteiger partial charge >= 0.3 is 0 Å². The highest BCUT2D eigenvalue weighted by Crippen LogP contribution is 2.65. The van der Waals surface area contributed by atoms with E-state index in [1.807, 2.05) is 30.3 Å². The number of allylic oxidation sites excluding steroid dienone is 2. The lowest BCUT2D eigenvalue weighted by atomic mass is 9.63. The molecule has 0 spiro atoms. The monoisotopic (exact) mass is 421 g/mol. The quantitative estimate of drug-likeness (QED) is 0.362. The number of aromatic nitrogens is 1. The number of benzene rings is 2. The highest BCUT2D eigenvalue weighted by atomic mass is 16.2. The summed E-state index contributed by atoms with van der Waals surface area (Å²) in [6.07, 6.45) is 9.29. The average molecular weight is 422 g/mol. The van der Waals surface area contributed by atoms with Crippen LogP contribution in [0.1, 0.15) is 17.5 Å². The molecule has 1 saturated heterocycles. The Morgan fingerprint density at radius 3 is 2.25 bits per heavy atom. The van der Waals surface area contributed by atoms with E-state index in [9.17, 15) is 9.59 Å². The molecule has 158 valence electrons. The van der Waals surface area contributed by atoms with E-state index in [0.717, 1.165) is 28.0 Å². The second-order valence-corrected chi connectivity index (χ2v) is 9.60. The SMILES string of the molecule is O=C1[C@@H]2[C@H]3C=C[C@@H]([C@@H]4C[C@H]34)[C@H]2C(=O)N1/N=C\c1cn(Cc2ccccc2)c2ccccc12. The number of nitrogens with zero attached hydrogens (tertiary/aromatic N) is 3. The van der Waals surface area contributed by atoms with Crippen molar-refractivity contribution in [3.05, 3.63) is 84.1 Å². The van der Waals surface area contributed by atoms with Crippen LogP contribution in [0.2, 0.25) is 0 Å². The van der Waals surface area contributed by atoms with Crippen molar-refractivity contribution >= 4 is 28.9 Å². The van der Waals surface area contributed by atoms with Crippen molar-refractivity contribution in [2.24, 2.45) is 40.6 Å². The third-order valence-corrected chi connectivity index (χ3v) is 7.97. The fraction of sp³-hybridized carbons (Fsp3) is 0.296. The minimum Gasteiger partial charge on any atom is -0.342 e. The number of amides is 2. The Hall–Kier alpha value is -3.47. The summed E-state index contributed by atoms with van der Waals surface area (Å²) in [5.74, 6) is 0.989. The van der Waals surface area contributed by atoms with Gasteiger partial charge in [-0.2, -0.15) is 10.1 Å². The Labute approximate surface area is 186 Å². The molecule has 4 aliphatic carbocycles. The standard InChI is InChI=1S/C27H23N3O2/c31-26-24-19-10-11-20(22-12-21(19)22)25(24)27(32)30(26)28-13-17-15-29(14-16-6-2-1-3-7-16)23-9-5-4-8-18(17)23/h1-11,13,15,19-22,24-25H,12,14H2/b28-13-/t19-,20-,21-,22+,24+,25+/m0/s1. The van der Waals surface area contributed by atoms with E-state index in [4.69, 9.17) is 0 Å². The van der Waals surface area contributed by atoms with Gasteiger partial charge in [0.2, 0.25) is 0 Å². The molecule has 1 aromatic heterocycles. The predicted molar refractivity (Wildman–Crippen MR) is 122 cm³/mol. The Morgan fingerprint density at radius 2 is 1.53 bits per heavy atom. The van der Waals surface area contributed by atoms with Crippen LogP contribution in [0.15, 0.2) is 78.0 Å². The van der Waals surface area contributed by atoms with Crippen LogP contribution in [-0.4, -0.2) is 27.6 Å². The molecule has 0 unspecified atom stereocenters. The molecule has 8 rings (SSSR count). The third kappa shape index (κ3) is 2.48. The Balaban J connectivity index is 1.21. The Bertz CT molecular complexity index is 1290. The lowest BCUT2D eigenvalue weighted by Crippen LogP contribution is -2.40. The van der Waals surface area contributed by atoms with Crippen LogP contribution >= 0.6 is 0 Å². The minimum atomic E-state index is -0.210. The first-order valence-corrected chi connectivity index (χ1v) is 11.4. The molecular weight excluding hydrogens is 398 g/mol. The van der Waals surface area contributed by atoms with Gasteiger partial charge in [0.25, 0.3) is 11.8 Å². The van der Waals surface area contributed by atoms with Crippen LogP contribution in [0, 0.1) is 35.5 Å². The highest BCUT2D eigenvalue weighted by Gasteiger charge is 2.67. The number of imide groups is 1. The zero-order valence-electron chi connectivity index (χ0n) is 17.5. The Morgan fingerprint density at radius 1 is 0.875 bits per heavy atom. The molecule has 0 N–H and O–H groups in total. The van der Waals surface area contributed by atoms with Crippen molar-refractivity contribution in [3.8, 4) is 0 Å². The summed E-state index contributed by atoms with van der Waals surface area (Å²) in [7, 11) is 0. The molecule has 32 heavy (non-hydrogen) atoms. The molecule has 2 saturated carbocycles. The molecule has 5 nitrogen and oxygen atoms in total. The maximum atomic E-state index is 13.2. The van der Waals surface area contributed by atoms with Crippen molar-refractivity contribution in [3.63, 3.8) is 0 Å². The lowest BCUT2D eigenvalue weighted by Gasteiger charge is -2.37. The number of hydrogen-bond acceptors (Lipinski definition) is 3. The maximum Gasteiger partial charge on any atom is 0.254 e. The van der Waals surface area contributed by atoms with Gasteiger partial charge in [0.05, 0.1) is 18.1 Å². The number of carbonyl (C=O) groups is 2. The highest BCUT2D eigenvalue weighted by molar-refractivity contribution is 6.07. The molecule has 2 heterocycles. The molecule has 3 fully saturated rings. The number of fused-ring (bicyclic) bond motifs is 1. The van der Waals surface area contributed by atoms with E-state index < -0.39 is 0 Å². The van der Waals surface area contributed by atoms with Gasteiger partial charge in [-0.15, -0.1) is 0 Å². The molecule has 5 aliphatic rings. The fourth-order valence-electron chi connectivity index (χ4n) is 6.46. The molecule has 3 aromatic rings. The number of carbonyl (C=O) groups excluding carboxylic acids is 2. The summed E-state index contributed by atoms with van der Waals surface area (Å²) in [6, 6.07) is 18.5. The van der Waals surface area contributed by atoms with Gasteiger partial charge in [-0.1, -0.05) is 60.7 Å². The molecule has 5 heteroatoms. The van der Waals surface area contributed by atoms with Crippen molar-refractivity contribution in [2.45, 2.75) is 13.0 Å². The molecule has 0 radical (unpaired) electrons. The van der Waals surface area contributed by atoms with Crippen LogP contribution in [0.5, 0.6) is 0 Å². The zero-order valence-corrected chi connectivity index (χ0v) is 17.5. The number of rotatable bonds is 4. The number of para-hydroxylation sites is 1. The summed E-state index contributed by atoms with van der Waals surface area (Å²) in [5.41, 5.74) is 3.23. The summed E-state index contributed by atoms with van der Waals surface area (Å²) < 4.78 is 2.19. The molecule has 2 amide bonds. The summed E-state index contributed by atoms with van der Waals surface area (Å²) in [4.78, 5) is 26.4. The van der Waals surface area contributed by atoms with Crippen molar-refractivity contribution < 1.29 is 9.59 Å². The van der Waals surface area contributed by atoms with Crippen LogP contribution in [0.25, 0.3) is 10.9 Å². The van der Waals surface area contributed by atoms with Gasteiger partial charge < -0.3 is 4.57 Å². The van der Waals surface area contributed by atoms with E-state index in [1.54, 1.807) is 6.21 Å². The first kappa shape index (κ1) is 18.1. The van der Waals surface area contributed by atoms with Gasteiger partial charge in [0.1, 0.15) is 0 Å². The smallest absolute Gasteiger partial charge is 0.254 e. The second-order valence-electron chi connectivity index (χ2n) is 9.60. The van der Waals surface area contributed by atoms with Crippen LogP contribution in [0.3, 0.4) is 0 Å². The molecule has 1 aliphatic heterocycles. The van der Waals surface area contributed by atoms with Crippen molar-refractivity contribution in [1.29, 1.82) is 0 Å². The minimum absolute atomic E-state index is 0.117. The normalized spacial score (nSPS) is 32.2. The Kier molecular flexibility index (Phi) is 3.69. The first-order chi connectivity index (χ1) is 15.7. The summed E-state index contributed by atoms with van der Waals surface area (Å²) in [5, 5.41) is 6.68. The largest absolute Gasteiger partial charge is 0.342 e. The molecule has 6 atom stereocenters. The van der Waals surface area contributed by atoms with Crippen molar-refractivity contribution in [1.82, 2.24) is 9.58 Å². The van der Waals surface area contributed by atoms with Gasteiger partial charge in [-0.05, 0) is 41.7 Å². The second kappa shape index (κ2) is 6.52. The first-order valence-electron chi connectivity index (χ1n) is 11.4. The predicted octanol–water partition coefficient (Wildman–Crippen LogP) is 4.08. The van der Waals surface area contributed by atoms with Gasteiger partial charge in [-0.25, -0.2) is 0 Å². The van der Waals surface area contributed by atoms with E-state index >= 15 is 0 Å². The van der Waals surface area contributed by atoms with Gasteiger partial charge in [0.15, 0.2) is 0 Å². The topological polar surface area (TPSA) is 54.7 Å². The van der Waals surface area contributed by atoms with Crippen LogP contribution in [-0.2, 0) is 16.1 Å². The van der Waals surface area contributed by atoms with Crippen molar-refractivity contribution in [2.75, 3.05) is 0 Å². The lowest BCUT2D eigenvalue weighted by molar-refractivity contribution is -0.140. The van der Waals surface area contributed by atoms with E-state index in [-0.39, 0.29) is 35.5 Å². The van der Waals surface area contributed by atoms with Gasteiger partial charge in [-0.3, -0.25) is 9.59 Å². The molecule has 2 aromatic carbocycles. The summed E-state index contributed by atoms with van der Waals surface area (Å²) >= 11 is 0. The zero-order chi connectivity index (χ0) is 21.4. The molecular formula is C27H23N3O2. The van der Waals surface area contributed by atoms with Crippen LogP contribution < -0.4 is 0 Å². The van der Waals surface area contributed by atoms with E-state index in [2.05, 4.69) is 52.3 Å². The molecule has 2 bridgehead atoms. The summed E-state index contributed by atoms with van der Waals surface area (Å²) in [6.45, 7) is 0.749. The number of hydrazone groups is 1. The van der Waals surface area contributed by atoms with Crippen LogP contribution in [0.4, 0.5) is 0 Å². The third-order valence-electron chi connectivity index (χ3n) is 7.97. The maximum absolute atomic E-state index is 13.2. The number of hydrogen-bond donors (Lipinski definition) is 0. The fourth-order valence-corrected chi connectivity index (χ4v) is 6.46.